The van der Waals surface area contributed by atoms with Crippen molar-refractivity contribution in [2.24, 2.45) is 0 Å². The van der Waals surface area contributed by atoms with Crippen LogP contribution in [0.25, 0.3) is 0 Å². The van der Waals surface area contributed by atoms with Crippen LogP contribution in [0.1, 0.15) is 26.7 Å². The molecule has 6 heteroatoms. The zero-order valence-corrected chi connectivity index (χ0v) is 13.5. The van der Waals surface area contributed by atoms with Crippen LogP contribution in [0.5, 0.6) is 5.75 Å². The summed E-state index contributed by atoms with van der Waals surface area (Å²) in [5.74, 6) is 0.289. The summed E-state index contributed by atoms with van der Waals surface area (Å²) in [5.41, 5.74) is -0.610. The van der Waals surface area contributed by atoms with Gasteiger partial charge in [-0.05, 0) is 25.5 Å². The predicted octanol–water partition coefficient (Wildman–Crippen LogP) is 0.312. The quantitative estimate of drug-likeness (QED) is 0.700. The molecular formula is C11H15BF3KO. The molecule has 1 nitrogen and oxygen atoms in total. The van der Waals surface area contributed by atoms with Crippen molar-refractivity contribution in [1.82, 2.24) is 0 Å². The van der Waals surface area contributed by atoms with Gasteiger partial charge in [0.1, 0.15) is 5.75 Å². The molecule has 0 radical (unpaired) electrons. The van der Waals surface area contributed by atoms with Crippen LogP contribution in [0.3, 0.4) is 0 Å². The standard InChI is InChI=1S/C11H15BF3O.K/c1-3-5-9(2)16-11-7-4-6-10(8-11)12(13,14)15;/h4,6-9H,3,5H2,1-2H3;/q-1;+1. The van der Waals surface area contributed by atoms with Gasteiger partial charge in [0.05, 0.1) is 6.10 Å². The molecule has 1 rings (SSSR count). The summed E-state index contributed by atoms with van der Waals surface area (Å²) in [6.07, 6.45) is 1.73. The van der Waals surface area contributed by atoms with Crippen molar-refractivity contribution < 1.29 is 69.1 Å². The Hall–Kier alpha value is 0.511. The number of hydrogen-bond acceptors (Lipinski definition) is 1. The molecule has 0 saturated heterocycles. The van der Waals surface area contributed by atoms with Crippen LogP contribution in [0, 0.1) is 0 Å². The summed E-state index contributed by atoms with van der Waals surface area (Å²) in [5, 5.41) is 0. The van der Waals surface area contributed by atoms with Crippen molar-refractivity contribution in [3.05, 3.63) is 24.3 Å². The molecule has 0 fully saturated rings. The summed E-state index contributed by atoms with van der Waals surface area (Å²) in [6.45, 7) is -1.08. The van der Waals surface area contributed by atoms with E-state index in [-0.39, 0.29) is 63.2 Å². The minimum absolute atomic E-state index is 0. The van der Waals surface area contributed by atoms with Gasteiger partial charge in [-0.15, -0.1) is 5.46 Å². The average Bonchev–Trinajstić information content (AvgIpc) is 2.17. The molecule has 17 heavy (non-hydrogen) atoms. The first-order valence-electron chi connectivity index (χ1n) is 5.40. The number of hydrogen-bond donors (Lipinski definition) is 0. The van der Waals surface area contributed by atoms with Crippen LogP contribution in [0.4, 0.5) is 12.9 Å². The van der Waals surface area contributed by atoms with Crippen molar-refractivity contribution >= 4 is 12.4 Å². The second kappa shape index (κ2) is 7.84. The third-order valence-electron chi connectivity index (χ3n) is 2.27. The summed E-state index contributed by atoms with van der Waals surface area (Å²) < 4.78 is 42.8. The topological polar surface area (TPSA) is 9.23 Å². The van der Waals surface area contributed by atoms with Crippen LogP contribution in [0.2, 0.25) is 0 Å². The fraction of sp³-hybridized carbons (Fsp3) is 0.455. The molecule has 0 aromatic heterocycles. The van der Waals surface area contributed by atoms with E-state index >= 15 is 0 Å². The van der Waals surface area contributed by atoms with Gasteiger partial charge in [-0.25, -0.2) is 0 Å². The molecular weight excluding hydrogens is 255 g/mol. The van der Waals surface area contributed by atoms with Crippen molar-refractivity contribution in [3.63, 3.8) is 0 Å². The molecule has 90 valence electrons. The molecule has 1 unspecified atom stereocenters. The monoisotopic (exact) mass is 270 g/mol. The maximum absolute atomic E-state index is 12.5. The molecule has 0 aliphatic carbocycles. The Kier molecular flexibility index (Phi) is 8.08. The normalized spacial score (nSPS) is 12.8. The van der Waals surface area contributed by atoms with E-state index < -0.39 is 12.4 Å². The molecule has 1 aromatic carbocycles. The molecule has 0 aliphatic rings. The molecule has 0 heterocycles. The maximum Gasteiger partial charge on any atom is 1.00 e. The molecule has 0 aliphatic heterocycles. The van der Waals surface area contributed by atoms with E-state index in [1.807, 2.05) is 13.8 Å². The van der Waals surface area contributed by atoms with Crippen LogP contribution >= 0.6 is 0 Å². The van der Waals surface area contributed by atoms with Crippen LogP contribution in [-0.2, 0) is 0 Å². The van der Waals surface area contributed by atoms with Crippen molar-refractivity contribution in [3.8, 4) is 5.75 Å². The van der Waals surface area contributed by atoms with Gasteiger partial charge in [0, 0.05) is 0 Å². The van der Waals surface area contributed by atoms with Crippen LogP contribution < -0.4 is 61.6 Å². The van der Waals surface area contributed by atoms with E-state index in [4.69, 9.17) is 4.74 Å². The van der Waals surface area contributed by atoms with Crippen LogP contribution in [-0.4, -0.2) is 13.1 Å². The Morgan fingerprint density at radius 3 is 2.47 bits per heavy atom. The number of ether oxygens (including phenoxy) is 1. The van der Waals surface area contributed by atoms with E-state index in [1.54, 1.807) is 6.07 Å². The Bertz CT molecular complexity index is 344. The van der Waals surface area contributed by atoms with Gasteiger partial charge < -0.3 is 17.7 Å². The molecule has 0 bridgehead atoms. The van der Waals surface area contributed by atoms with E-state index in [0.717, 1.165) is 25.0 Å². The Morgan fingerprint density at radius 2 is 1.94 bits per heavy atom. The fourth-order valence-electron chi connectivity index (χ4n) is 1.49. The molecule has 0 amide bonds. The summed E-state index contributed by atoms with van der Waals surface area (Å²) in [7, 11) is 0. The van der Waals surface area contributed by atoms with Crippen molar-refractivity contribution in [2.75, 3.05) is 0 Å². The Labute approximate surface area is 143 Å². The third kappa shape index (κ3) is 6.29. The van der Waals surface area contributed by atoms with Gasteiger partial charge in [0.2, 0.25) is 0 Å². The van der Waals surface area contributed by atoms with E-state index in [2.05, 4.69) is 0 Å². The molecule has 0 saturated carbocycles. The zero-order chi connectivity index (χ0) is 12.2. The smallest absolute Gasteiger partial charge is 0.491 e. The first kappa shape index (κ1) is 17.5. The molecule has 0 N–H and O–H groups in total. The van der Waals surface area contributed by atoms with E-state index in [0.29, 0.717) is 0 Å². The minimum Gasteiger partial charge on any atom is -0.491 e. The van der Waals surface area contributed by atoms with Gasteiger partial charge >= 0.3 is 58.4 Å². The van der Waals surface area contributed by atoms with Gasteiger partial charge in [-0.1, -0.05) is 25.5 Å². The third-order valence-corrected chi connectivity index (χ3v) is 2.27. The number of halogens is 3. The first-order valence-corrected chi connectivity index (χ1v) is 5.40. The fourth-order valence-corrected chi connectivity index (χ4v) is 1.49. The SMILES string of the molecule is CCCC(C)Oc1cccc([B-](F)(F)F)c1.[K+]. The Morgan fingerprint density at radius 1 is 1.29 bits per heavy atom. The van der Waals surface area contributed by atoms with Gasteiger partial charge in [-0.3, -0.25) is 0 Å². The summed E-state index contributed by atoms with van der Waals surface area (Å²) in [4.78, 5) is 0. The van der Waals surface area contributed by atoms with Crippen molar-refractivity contribution in [2.45, 2.75) is 32.8 Å². The minimum atomic E-state index is -4.94. The summed E-state index contributed by atoms with van der Waals surface area (Å²) >= 11 is 0. The molecule has 1 aromatic rings. The van der Waals surface area contributed by atoms with Gasteiger partial charge in [0.25, 0.3) is 0 Å². The second-order valence-electron chi connectivity index (χ2n) is 3.86. The average molecular weight is 270 g/mol. The van der Waals surface area contributed by atoms with Crippen molar-refractivity contribution in [1.29, 1.82) is 0 Å². The van der Waals surface area contributed by atoms with Crippen LogP contribution in [0.15, 0.2) is 24.3 Å². The van der Waals surface area contributed by atoms with E-state index in [1.165, 1.54) is 6.07 Å². The van der Waals surface area contributed by atoms with E-state index in [9.17, 15) is 12.9 Å². The number of rotatable bonds is 5. The Balaban J connectivity index is 0.00000256. The largest absolute Gasteiger partial charge is 1.00 e. The summed E-state index contributed by atoms with van der Waals surface area (Å²) in [6, 6.07) is 5.06. The number of benzene rings is 1. The predicted molar refractivity (Wildman–Crippen MR) is 60.2 cm³/mol. The first-order chi connectivity index (χ1) is 7.43. The molecule has 1 atom stereocenters. The molecule has 0 spiro atoms. The second-order valence-corrected chi connectivity index (χ2v) is 3.86. The van der Waals surface area contributed by atoms with Gasteiger partial charge in [0.15, 0.2) is 0 Å². The zero-order valence-electron chi connectivity index (χ0n) is 10.4. The van der Waals surface area contributed by atoms with Gasteiger partial charge in [-0.2, -0.15) is 0 Å². The maximum atomic E-state index is 12.5.